The first-order valence-corrected chi connectivity index (χ1v) is 7.69. The van der Waals surface area contributed by atoms with E-state index in [1.165, 1.54) is 18.4 Å². The fraction of sp³-hybridized carbons (Fsp3) is 0.500. The summed E-state index contributed by atoms with van der Waals surface area (Å²) in [5.41, 5.74) is 6.69. The minimum absolute atomic E-state index is 0.281. The van der Waals surface area contributed by atoms with Crippen molar-refractivity contribution in [3.05, 3.63) is 46.6 Å². The highest BCUT2D eigenvalue weighted by atomic mass is 127. The molecule has 0 saturated carbocycles. The number of alkyl halides is 1. The zero-order chi connectivity index (χ0) is 12.2. The van der Waals surface area contributed by atoms with E-state index in [0.29, 0.717) is 9.84 Å². The van der Waals surface area contributed by atoms with Crippen LogP contribution in [-0.4, -0.2) is 3.92 Å². The van der Waals surface area contributed by atoms with Crippen LogP contribution in [0.4, 0.5) is 0 Å². The van der Waals surface area contributed by atoms with Crippen molar-refractivity contribution in [2.75, 3.05) is 0 Å². The van der Waals surface area contributed by atoms with Crippen molar-refractivity contribution < 1.29 is 0 Å². The molecule has 0 aromatic rings. The van der Waals surface area contributed by atoms with Gasteiger partial charge < -0.3 is 0 Å². The normalized spacial score (nSPS) is 34.1. The van der Waals surface area contributed by atoms with Gasteiger partial charge in [0.2, 0.25) is 0 Å². The summed E-state index contributed by atoms with van der Waals surface area (Å²) in [4.78, 5) is 0. The molecule has 2 unspecified atom stereocenters. The Morgan fingerprint density at radius 2 is 2.12 bits per heavy atom. The highest BCUT2D eigenvalue weighted by Gasteiger charge is 2.44. The van der Waals surface area contributed by atoms with Gasteiger partial charge in [0.15, 0.2) is 0 Å². The molecule has 0 nitrogen and oxygen atoms in total. The number of rotatable bonds is 0. The number of hydrogen-bond donors (Lipinski definition) is 0. The van der Waals surface area contributed by atoms with E-state index >= 15 is 0 Å². The molecule has 0 fully saturated rings. The van der Waals surface area contributed by atoms with E-state index in [0.717, 1.165) is 0 Å². The molecular formula is C16H19I. The molecule has 0 spiro atoms. The third-order valence-corrected chi connectivity index (χ3v) is 5.37. The van der Waals surface area contributed by atoms with Crippen LogP contribution in [0.25, 0.3) is 0 Å². The summed E-state index contributed by atoms with van der Waals surface area (Å²) in [7, 11) is 0. The molecule has 17 heavy (non-hydrogen) atoms. The average molecular weight is 338 g/mol. The van der Waals surface area contributed by atoms with Crippen molar-refractivity contribution in [1.82, 2.24) is 0 Å². The Morgan fingerprint density at radius 3 is 2.88 bits per heavy atom. The van der Waals surface area contributed by atoms with Crippen LogP contribution in [0.2, 0.25) is 0 Å². The summed E-state index contributed by atoms with van der Waals surface area (Å²) < 4.78 is 0.681. The molecule has 0 aromatic carbocycles. The minimum atomic E-state index is 0.281. The maximum atomic E-state index is 2.55. The van der Waals surface area contributed by atoms with Crippen LogP contribution in [0.5, 0.6) is 0 Å². The topological polar surface area (TPSA) is 0 Å². The van der Waals surface area contributed by atoms with Crippen molar-refractivity contribution in [1.29, 1.82) is 0 Å². The molecule has 3 aliphatic rings. The highest BCUT2D eigenvalue weighted by Crippen LogP contribution is 2.56. The van der Waals surface area contributed by atoms with Crippen molar-refractivity contribution in [3.8, 4) is 0 Å². The maximum Gasteiger partial charge on any atom is 0.0330 e. The second-order valence-electron chi connectivity index (χ2n) is 5.97. The van der Waals surface area contributed by atoms with E-state index in [9.17, 15) is 0 Å². The second kappa shape index (κ2) is 3.84. The first kappa shape index (κ1) is 11.8. The summed E-state index contributed by atoms with van der Waals surface area (Å²) in [6, 6.07) is 0. The molecule has 0 aromatic heterocycles. The molecule has 0 saturated heterocycles. The SMILES string of the molecule is CC1=CCC2C(=C1)C(C)(C)C1=C2C=CC(I)C1. The van der Waals surface area contributed by atoms with Gasteiger partial charge in [-0.1, -0.05) is 77.5 Å². The van der Waals surface area contributed by atoms with Crippen LogP contribution in [0.15, 0.2) is 46.6 Å². The molecule has 0 heterocycles. The second-order valence-corrected chi connectivity index (χ2v) is 7.57. The van der Waals surface area contributed by atoms with Crippen molar-refractivity contribution in [3.63, 3.8) is 0 Å². The molecule has 3 rings (SSSR count). The van der Waals surface area contributed by atoms with Crippen LogP contribution in [0.3, 0.4) is 0 Å². The van der Waals surface area contributed by atoms with Crippen LogP contribution in [0, 0.1) is 11.3 Å². The number of fused-ring (bicyclic) bond motifs is 2. The van der Waals surface area contributed by atoms with Gasteiger partial charge in [0.05, 0.1) is 0 Å². The van der Waals surface area contributed by atoms with Gasteiger partial charge in [-0.3, -0.25) is 0 Å². The van der Waals surface area contributed by atoms with E-state index in [2.05, 4.69) is 67.7 Å². The average Bonchev–Trinajstić information content (AvgIpc) is 2.49. The lowest BCUT2D eigenvalue weighted by molar-refractivity contribution is 0.506. The van der Waals surface area contributed by atoms with E-state index in [1.54, 1.807) is 16.7 Å². The lowest BCUT2D eigenvalue weighted by atomic mass is 9.75. The largest absolute Gasteiger partial charge is 0.0807 e. The Morgan fingerprint density at radius 1 is 1.35 bits per heavy atom. The van der Waals surface area contributed by atoms with Gasteiger partial charge in [-0.05, 0) is 25.3 Å². The smallest absolute Gasteiger partial charge is 0.0330 e. The summed E-state index contributed by atoms with van der Waals surface area (Å²) in [6.45, 7) is 7.05. The molecular weight excluding hydrogens is 319 g/mol. The molecule has 90 valence electrons. The van der Waals surface area contributed by atoms with Crippen LogP contribution in [-0.2, 0) is 0 Å². The predicted molar refractivity (Wildman–Crippen MR) is 82.3 cm³/mol. The predicted octanol–water partition coefficient (Wildman–Crippen LogP) is 4.98. The molecule has 3 aliphatic carbocycles. The van der Waals surface area contributed by atoms with Crippen molar-refractivity contribution >= 4 is 22.6 Å². The quantitative estimate of drug-likeness (QED) is 0.432. The summed E-state index contributed by atoms with van der Waals surface area (Å²) in [5.74, 6) is 0.670. The molecule has 0 aliphatic heterocycles. The number of hydrogen-bond acceptors (Lipinski definition) is 0. The Labute approximate surface area is 118 Å². The van der Waals surface area contributed by atoms with Gasteiger partial charge in [0, 0.05) is 15.3 Å². The minimum Gasteiger partial charge on any atom is -0.0807 e. The van der Waals surface area contributed by atoms with E-state index < -0.39 is 0 Å². The molecule has 0 bridgehead atoms. The third kappa shape index (κ3) is 1.69. The third-order valence-electron chi connectivity index (χ3n) is 4.52. The Kier molecular flexibility index (Phi) is 2.66. The van der Waals surface area contributed by atoms with Crippen molar-refractivity contribution in [2.24, 2.45) is 11.3 Å². The number of allylic oxidation sites excluding steroid dienone is 8. The zero-order valence-corrected chi connectivity index (χ0v) is 12.9. The fourth-order valence-electron chi connectivity index (χ4n) is 3.55. The number of halogens is 1. The summed E-state index contributed by atoms with van der Waals surface area (Å²) in [6.07, 6.45) is 12.1. The maximum absolute atomic E-state index is 2.55. The first-order chi connectivity index (χ1) is 8.00. The monoisotopic (exact) mass is 338 g/mol. The Balaban J connectivity index is 2.11. The van der Waals surface area contributed by atoms with Gasteiger partial charge in [-0.2, -0.15) is 0 Å². The lowest BCUT2D eigenvalue weighted by Gasteiger charge is -2.29. The summed E-state index contributed by atoms with van der Waals surface area (Å²) >= 11 is 2.55. The standard InChI is InChI=1S/C16H19I/c1-10-4-6-12-13-7-5-11(17)9-15(13)16(2,3)14(12)8-10/h4-5,7-8,11-12H,6,9H2,1-3H3. The summed E-state index contributed by atoms with van der Waals surface area (Å²) in [5, 5.41) is 0. The van der Waals surface area contributed by atoms with Crippen LogP contribution in [0.1, 0.15) is 33.6 Å². The Hall–Kier alpha value is -0.310. The fourth-order valence-corrected chi connectivity index (χ4v) is 4.20. The van der Waals surface area contributed by atoms with Gasteiger partial charge in [-0.15, -0.1) is 0 Å². The molecule has 1 heteroatoms. The lowest BCUT2D eigenvalue weighted by Crippen LogP contribution is -2.18. The van der Waals surface area contributed by atoms with Gasteiger partial charge >= 0.3 is 0 Å². The molecule has 0 radical (unpaired) electrons. The van der Waals surface area contributed by atoms with E-state index in [-0.39, 0.29) is 5.41 Å². The zero-order valence-electron chi connectivity index (χ0n) is 10.8. The van der Waals surface area contributed by atoms with Gasteiger partial charge in [-0.25, -0.2) is 0 Å². The van der Waals surface area contributed by atoms with Crippen LogP contribution >= 0.6 is 22.6 Å². The molecule has 0 amide bonds. The highest BCUT2D eigenvalue weighted by molar-refractivity contribution is 14.1. The van der Waals surface area contributed by atoms with Crippen molar-refractivity contribution in [2.45, 2.75) is 37.5 Å². The van der Waals surface area contributed by atoms with Gasteiger partial charge in [0.1, 0.15) is 0 Å². The van der Waals surface area contributed by atoms with Crippen LogP contribution < -0.4 is 0 Å². The molecule has 2 atom stereocenters. The van der Waals surface area contributed by atoms with Gasteiger partial charge in [0.25, 0.3) is 0 Å². The first-order valence-electron chi connectivity index (χ1n) is 6.45. The molecule has 0 N–H and O–H groups in total. The Bertz CT molecular complexity index is 486. The van der Waals surface area contributed by atoms with E-state index in [1.807, 2.05) is 0 Å². The van der Waals surface area contributed by atoms with E-state index in [4.69, 9.17) is 0 Å².